The summed E-state index contributed by atoms with van der Waals surface area (Å²) < 4.78 is 5.82. The molecule has 4 rings (SSSR count). The lowest BCUT2D eigenvalue weighted by atomic mass is 9.94. The topological polar surface area (TPSA) is 58.6 Å². The molecule has 1 saturated carbocycles. The summed E-state index contributed by atoms with van der Waals surface area (Å²) >= 11 is 12.3. The van der Waals surface area contributed by atoms with E-state index in [9.17, 15) is 9.59 Å². The van der Waals surface area contributed by atoms with Crippen LogP contribution in [0, 0.1) is 6.92 Å². The van der Waals surface area contributed by atoms with Gasteiger partial charge in [0.15, 0.2) is 6.61 Å². The molecule has 5 nitrogen and oxygen atoms in total. The number of carbonyl (C=O) groups is 2. The standard InChI is InChI=1S/C31H34Cl2N2O3/c1-22-10-8-9-13-24(22)20-35(30(36)21-38-29-17-16-25(32)19-27(29)33)28(18-23-11-4-2-5-12-23)31(37)34-26-14-6-3-7-15-26/h2,4-5,8-13,16-17,19,26,28H,3,6-7,14-15,18,20-21H2,1H3,(H,34,37)/t28-/m1/s1. The van der Waals surface area contributed by atoms with Crippen molar-refractivity contribution in [2.24, 2.45) is 0 Å². The van der Waals surface area contributed by atoms with Crippen LogP contribution in [0.4, 0.5) is 0 Å². The summed E-state index contributed by atoms with van der Waals surface area (Å²) in [6, 6.07) is 22.0. The summed E-state index contributed by atoms with van der Waals surface area (Å²) in [5.74, 6) is -0.0577. The molecule has 1 atom stereocenters. The molecule has 0 saturated heterocycles. The number of halogens is 2. The van der Waals surface area contributed by atoms with Gasteiger partial charge in [-0.1, -0.05) is 97.1 Å². The normalized spacial score (nSPS) is 14.5. The number of nitrogens with zero attached hydrogens (tertiary/aromatic N) is 1. The number of benzene rings is 3. The Labute approximate surface area is 235 Å². The number of nitrogens with one attached hydrogen (secondary N) is 1. The molecule has 0 radical (unpaired) electrons. The van der Waals surface area contributed by atoms with E-state index in [0.29, 0.717) is 28.8 Å². The van der Waals surface area contributed by atoms with Gasteiger partial charge in [0.2, 0.25) is 5.91 Å². The Morgan fingerprint density at radius 2 is 1.68 bits per heavy atom. The Bertz CT molecular complexity index is 1230. The molecule has 0 aliphatic heterocycles. The number of amides is 2. The molecule has 1 N–H and O–H groups in total. The van der Waals surface area contributed by atoms with Crippen LogP contribution in [-0.4, -0.2) is 35.4 Å². The quantitative estimate of drug-likeness (QED) is 0.302. The van der Waals surface area contributed by atoms with E-state index in [1.807, 2.05) is 61.5 Å². The molecule has 38 heavy (non-hydrogen) atoms. The highest BCUT2D eigenvalue weighted by atomic mass is 35.5. The van der Waals surface area contributed by atoms with Crippen molar-refractivity contribution in [1.82, 2.24) is 10.2 Å². The maximum absolute atomic E-state index is 13.8. The molecule has 1 aliphatic carbocycles. The maximum atomic E-state index is 13.8. The van der Waals surface area contributed by atoms with Crippen LogP contribution in [0.2, 0.25) is 10.0 Å². The van der Waals surface area contributed by atoms with Crippen LogP contribution in [0.15, 0.2) is 72.8 Å². The van der Waals surface area contributed by atoms with Gasteiger partial charge in [-0.25, -0.2) is 0 Å². The lowest BCUT2D eigenvalue weighted by Crippen LogP contribution is -2.53. The van der Waals surface area contributed by atoms with E-state index in [1.165, 1.54) is 6.42 Å². The molecule has 0 heterocycles. The zero-order valence-corrected chi connectivity index (χ0v) is 23.2. The van der Waals surface area contributed by atoms with Gasteiger partial charge in [-0.05, 0) is 54.7 Å². The van der Waals surface area contributed by atoms with Gasteiger partial charge in [0.1, 0.15) is 11.8 Å². The third-order valence-electron chi connectivity index (χ3n) is 7.07. The van der Waals surface area contributed by atoms with E-state index < -0.39 is 6.04 Å². The minimum absolute atomic E-state index is 0.132. The Kier molecular flexibility index (Phi) is 10.1. The van der Waals surface area contributed by atoms with Crippen LogP contribution in [-0.2, 0) is 22.6 Å². The fourth-order valence-corrected chi connectivity index (χ4v) is 5.35. The van der Waals surface area contributed by atoms with Gasteiger partial charge in [0.25, 0.3) is 5.91 Å². The number of ether oxygens (including phenoxy) is 1. The smallest absolute Gasteiger partial charge is 0.261 e. The van der Waals surface area contributed by atoms with E-state index in [1.54, 1.807) is 23.1 Å². The van der Waals surface area contributed by atoms with Crippen LogP contribution < -0.4 is 10.1 Å². The molecule has 0 spiro atoms. The molecule has 7 heteroatoms. The summed E-state index contributed by atoms with van der Waals surface area (Å²) in [7, 11) is 0. The van der Waals surface area contributed by atoms with Gasteiger partial charge in [-0.15, -0.1) is 0 Å². The molecular weight excluding hydrogens is 519 g/mol. The molecule has 2 amide bonds. The van der Waals surface area contributed by atoms with Crippen molar-refractivity contribution in [2.75, 3.05) is 6.61 Å². The van der Waals surface area contributed by atoms with E-state index in [0.717, 1.165) is 42.4 Å². The van der Waals surface area contributed by atoms with Crippen LogP contribution in [0.5, 0.6) is 5.75 Å². The first kappa shape index (κ1) is 28.0. The van der Waals surface area contributed by atoms with Crippen molar-refractivity contribution >= 4 is 35.0 Å². The number of hydrogen-bond donors (Lipinski definition) is 1. The first-order chi connectivity index (χ1) is 18.4. The predicted molar refractivity (Wildman–Crippen MR) is 153 cm³/mol. The zero-order valence-electron chi connectivity index (χ0n) is 21.7. The molecule has 3 aromatic rings. The molecule has 3 aromatic carbocycles. The van der Waals surface area contributed by atoms with Gasteiger partial charge >= 0.3 is 0 Å². The number of hydrogen-bond acceptors (Lipinski definition) is 3. The first-order valence-electron chi connectivity index (χ1n) is 13.2. The SMILES string of the molecule is Cc1ccccc1CN(C(=O)COc1ccc(Cl)cc1Cl)[C@H](Cc1ccccc1)C(=O)NC1CCCCC1. The Morgan fingerprint density at radius 1 is 0.974 bits per heavy atom. The van der Waals surface area contributed by atoms with Gasteiger partial charge in [-0.3, -0.25) is 9.59 Å². The van der Waals surface area contributed by atoms with Crippen molar-refractivity contribution in [3.63, 3.8) is 0 Å². The van der Waals surface area contributed by atoms with Crippen LogP contribution in [0.25, 0.3) is 0 Å². The minimum atomic E-state index is -0.698. The maximum Gasteiger partial charge on any atom is 0.261 e. The van der Waals surface area contributed by atoms with Gasteiger partial charge in [-0.2, -0.15) is 0 Å². The molecule has 200 valence electrons. The summed E-state index contributed by atoms with van der Waals surface area (Å²) in [4.78, 5) is 29.3. The zero-order chi connectivity index (χ0) is 26.9. The first-order valence-corrected chi connectivity index (χ1v) is 13.9. The van der Waals surface area contributed by atoms with E-state index in [2.05, 4.69) is 5.32 Å². The summed E-state index contributed by atoms with van der Waals surface area (Å²) in [6.45, 7) is 2.05. The van der Waals surface area contributed by atoms with Crippen LogP contribution in [0.1, 0.15) is 48.8 Å². The Morgan fingerprint density at radius 3 is 2.39 bits per heavy atom. The average molecular weight is 554 g/mol. The second kappa shape index (κ2) is 13.7. The molecule has 1 aliphatic rings. The molecule has 0 unspecified atom stereocenters. The van der Waals surface area contributed by atoms with Crippen LogP contribution in [0.3, 0.4) is 0 Å². The van der Waals surface area contributed by atoms with Crippen molar-refractivity contribution in [3.05, 3.63) is 99.5 Å². The van der Waals surface area contributed by atoms with E-state index in [4.69, 9.17) is 27.9 Å². The highest BCUT2D eigenvalue weighted by Gasteiger charge is 2.32. The molecule has 0 bridgehead atoms. The van der Waals surface area contributed by atoms with Crippen molar-refractivity contribution in [3.8, 4) is 5.75 Å². The average Bonchev–Trinajstić information content (AvgIpc) is 2.92. The summed E-state index contributed by atoms with van der Waals surface area (Å²) in [5, 5.41) is 4.06. The van der Waals surface area contributed by atoms with Crippen molar-refractivity contribution in [2.45, 2.75) is 64.1 Å². The highest BCUT2D eigenvalue weighted by molar-refractivity contribution is 6.35. The van der Waals surface area contributed by atoms with Gasteiger partial charge in [0, 0.05) is 24.0 Å². The van der Waals surface area contributed by atoms with Crippen molar-refractivity contribution in [1.29, 1.82) is 0 Å². The fourth-order valence-electron chi connectivity index (χ4n) is 4.88. The Hall–Kier alpha value is -3.02. The second-order valence-electron chi connectivity index (χ2n) is 9.86. The monoisotopic (exact) mass is 552 g/mol. The molecule has 0 aromatic heterocycles. The third kappa shape index (κ3) is 7.75. The summed E-state index contributed by atoms with van der Waals surface area (Å²) in [6.07, 6.45) is 5.74. The largest absolute Gasteiger partial charge is 0.482 e. The third-order valence-corrected chi connectivity index (χ3v) is 7.60. The number of aryl methyl sites for hydroxylation is 1. The lowest BCUT2D eigenvalue weighted by molar-refractivity contribution is -0.143. The number of rotatable bonds is 10. The highest BCUT2D eigenvalue weighted by Crippen LogP contribution is 2.28. The summed E-state index contributed by atoms with van der Waals surface area (Å²) in [5.41, 5.74) is 3.02. The Balaban J connectivity index is 1.62. The fraction of sp³-hybridized carbons (Fsp3) is 0.355. The van der Waals surface area contributed by atoms with Crippen molar-refractivity contribution < 1.29 is 14.3 Å². The van der Waals surface area contributed by atoms with E-state index in [-0.39, 0.29) is 24.5 Å². The van der Waals surface area contributed by atoms with Gasteiger partial charge < -0.3 is 15.0 Å². The lowest BCUT2D eigenvalue weighted by Gasteiger charge is -2.33. The molecule has 1 fully saturated rings. The molecular formula is C31H34Cl2N2O3. The predicted octanol–water partition coefficient (Wildman–Crippen LogP) is 6.77. The number of carbonyl (C=O) groups excluding carboxylic acids is 2. The minimum Gasteiger partial charge on any atom is -0.482 e. The van der Waals surface area contributed by atoms with Gasteiger partial charge in [0.05, 0.1) is 5.02 Å². The van der Waals surface area contributed by atoms with E-state index >= 15 is 0 Å². The van der Waals surface area contributed by atoms with Crippen LogP contribution >= 0.6 is 23.2 Å². The second-order valence-corrected chi connectivity index (χ2v) is 10.7.